The Balaban J connectivity index is 1.96. The van der Waals surface area contributed by atoms with Crippen molar-refractivity contribution in [2.24, 2.45) is 0 Å². The van der Waals surface area contributed by atoms with Crippen LogP contribution in [0.3, 0.4) is 0 Å². The number of methoxy groups -OCH3 is 1. The second kappa shape index (κ2) is 10.5. The third kappa shape index (κ3) is 6.30. The first-order valence-corrected chi connectivity index (χ1v) is 8.54. The molecule has 2 amide bonds. The highest BCUT2D eigenvalue weighted by Crippen LogP contribution is 2.28. The number of carbonyl (C=O) groups is 2. The Morgan fingerprint density at radius 2 is 1.64 bits per heavy atom. The van der Waals surface area contributed by atoms with Crippen LogP contribution in [-0.2, 0) is 14.3 Å². The maximum Gasteiger partial charge on any atom is 0.262 e. The standard InChI is InChI=1S/C20H21N3O5/c1-3-27-18-9-14(11-21)7-8-17(18)28-13-20(25)23-16-6-4-5-15(10-16)22-19(24)12-26-2/h4-10H,3,12-13H2,1-2H3,(H,22,24)(H,23,25). The Morgan fingerprint density at radius 1 is 0.964 bits per heavy atom. The average Bonchev–Trinajstić information content (AvgIpc) is 2.67. The van der Waals surface area contributed by atoms with Gasteiger partial charge in [0, 0.05) is 24.6 Å². The fourth-order valence-corrected chi connectivity index (χ4v) is 2.31. The largest absolute Gasteiger partial charge is 0.490 e. The molecule has 2 rings (SSSR count). The first-order valence-electron chi connectivity index (χ1n) is 8.54. The van der Waals surface area contributed by atoms with Crippen molar-refractivity contribution in [3.63, 3.8) is 0 Å². The summed E-state index contributed by atoms with van der Waals surface area (Å²) < 4.78 is 15.7. The van der Waals surface area contributed by atoms with Crippen LogP contribution in [0.2, 0.25) is 0 Å². The third-order valence-electron chi connectivity index (χ3n) is 3.44. The normalized spacial score (nSPS) is 9.89. The van der Waals surface area contributed by atoms with Crippen molar-refractivity contribution in [1.82, 2.24) is 0 Å². The molecular weight excluding hydrogens is 362 g/mol. The van der Waals surface area contributed by atoms with Gasteiger partial charge in [-0.05, 0) is 37.3 Å². The molecule has 8 heteroatoms. The van der Waals surface area contributed by atoms with Gasteiger partial charge in [-0.15, -0.1) is 0 Å². The zero-order valence-corrected chi connectivity index (χ0v) is 15.7. The van der Waals surface area contributed by atoms with Gasteiger partial charge in [-0.25, -0.2) is 0 Å². The lowest BCUT2D eigenvalue weighted by molar-refractivity contribution is -0.119. The van der Waals surface area contributed by atoms with E-state index in [0.29, 0.717) is 35.0 Å². The predicted octanol–water partition coefficient (Wildman–Crippen LogP) is 2.56. The molecule has 0 radical (unpaired) electrons. The maximum absolute atomic E-state index is 12.2. The number of hydrogen-bond donors (Lipinski definition) is 2. The Kier molecular flexibility index (Phi) is 7.81. The van der Waals surface area contributed by atoms with E-state index in [2.05, 4.69) is 10.6 Å². The van der Waals surface area contributed by atoms with Crippen LogP contribution in [0.1, 0.15) is 12.5 Å². The second-order valence-electron chi connectivity index (χ2n) is 5.61. The number of anilines is 2. The number of rotatable bonds is 9. The summed E-state index contributed by atoms with van der Waals surface area (Å²) in [6.07, 6.45) is 0. The number of ether oxygens (including phenoxy) is 3. The first kappa shape index (κ1) is 20.7. The van der Waals surface area contributed by atoms with Gasteiger partial charge in [0.1, 0.15) is 6.61 Å². The van der Waals surface area contributed by atoms with Crippen LogP contribution < -0.4 is 20.1 Å². The molecule has 0 heterocycles. The lowest BCUT2D eigenvalue weighted by Gasteiger charge is -2.12. The Bertz CT molecular complexity index is 876. The highest BCUT2D eigenvalue weighted by Gasteiger charge is 2.10. The van der Waals surface area contributed by atoms with E-state index in [0.717, 1.165) is 0 Å². The molecule has 28 heavy (non-hydrogen) atoms. The zero-order chi connectivity index (χ0) is 20.4. The third-order valence-corrected chi connectivity index (χ3v) is 3.44. The Hall–Kier alpha value is -3.57. The summed E-state index contributed by atoms with van der Waals surface area (Å²) in [6.45, 7) is 1.91. The molecule has 0 saturated heterocycles. The van der Waals surface area contributed by atoms with Crippen LogP contribution in [0.25, 0.3) is 0 Å². The summed E-state index contributed by atoms with van der Waals surface area (Å²) in [4.78, 5) is 23.7. The van der Waals surface area contributed by atoms with Crippen molar-refractivity contribution in [2.75, 3.05) is 37.6 Å². The predicted molar refractivity (Wildman–Crippen MR) is 103 cm³/mol. The van der Waals surface area contributed by atoms with Gasteiger partial charge in [-0.2, -0.15) is 5.26 Å². The van der Waals surface area contributed by atoms with E-state index in [1.165, 1.54) is 7.11 Å². The topological polar surface area (TPSA) is 110 Å². The summed E-state index contributed by atoms with van der Waals surface area (Å²) in [5.41, 5.74) is 1.48. The average molecular weight is 383 g/mol. The van der Waals surface area contributed by atoms with E-state index in [9.17, 15) is 9.59 Å². The van der Waals surface area contributed by atoms with Gasteiger partial charge in [0.05, 0.1) is 18.2 Å². The summed E-state index contributed by atoms with van der Waals surface area (Å²) in [7, 11) is 1.43. The van der Waals surface area contributed by atoms with E-state index in [-0.39, 0.29) is 25.0 Å². The second-order valence-corrected chi connectivity index (χ2v) is 5.61. The minimum absolute atomic E-state index is 0.0584. The molecule has 0 aliphatic heterocycles. The molecule has 2 aromatic rings. The number of hydrogen-bond acceptors (Lipinski definition) is 6. The molecule has 0 bridgehead atoms. The zero-order valence-electron chi connectivity index (χ0n) is 15.7. The first-order chi connectivity index (χ1) is 13.5. The van der Waals surface area contributed by atoms with Gasteiger partial charge in [0.15, 0.2) is 18.1 Å². The van der Waals surface area contributed by atoms with Crippen LogP contribution in [0, 0.1) is 11.3 Å². The van der Waals surface area contributed by atoms with Crippen LogP contribution in [-0.4, -0.2) is 38.7 Å². The van der Waals surface area contributed by atoms with E-state index in [4.69, 9.17) is 19.5 Å². The lowest BCUT2D eigenvalue weighted by Crippen LogP contribution is -2.21. The molecule has 0 atom stereocenters. The van der Waals surface area contributed by atoms with Crippen LogP contribution in [0.5, 0.6) is 11.5 Å². The smallest absolute Gasteiger partial charge is 0.262 e. The van der Waals surface area contributed by atoms with E-state index in [1.807, 2.05) is 13.0 Å². The van der Waals surface area contributed by atoms with Crippen LogP contribution in [0.15, 0.2) is 42.5 Å². The van der Waals surface area contributed by atoms with Crippen LogP contribution in [0.4, 0.5) is 11.4 Å². The van der Waals surface area contributed by atoms with Gasteiger partial charge in [-0.3, -0.25) is 9.59 Å². The van der Waals surface area contributed by atoms with E-state index in [1.54, 1.807) is 42.5 Å². The lowest BCUT2D eigenvalue weighted by atomic mass is 10.2. The van der Waals surface area contributed by atoms with Gasteiger partial charge in [0.2, 0.25) is 5.91 Å². The number of carbonyl (C=O) groups excluding carboxylic acids is 2. The summed E-state index contributed by atoms with van der Waals surface area (Å²) in [5, 5.41) is 14.3. The quantitative estimate of drug-likeness (QED) is 0.689. The Labute approximate surface area is 163 Å². The number of nitrogens with one attached hydrogen (secondary N) is 2. The summed E-state index contributed by atoms with van der Waals surface area (Å²) in [5.74, 6) is 0.0968. The van der Waals surface area contributed by atoms with Crippen molar-refractivity contribution in [1.29, 1.82) is 5.26 Å². The van der Waals surface area contributed by atoms with Gasteiger partial charge >= 0.3 is 0 Å². The molecular formula is C20H21N3O5. The van der Waals surface area contributed by atoms with E-state index < -0.39 is 0 Å². The van der Waals surface area contributed by atoms with Crippen molar-refractivity contribution >= 4 is 23.2 Å². The van der Waals surface area contributed by atoms with Gasteiger partial charge in [-0.1, -0.05) is 6.07 Å². The van der Waals surface area contributed by atoms with Crippen molar-refractivity contribution in [3.05, 3.63) is 48.0 Å². The maximum atomic E-state index is 12.2. The molecule has 0 aliphatic rings. The number of amides is 2. The Morgan fingerprint density at radius 3 is 2.25 bits per heavy atom. The minimum atomic E-state index is -0.382. The molecule has 0 aliphatic carbocycles. The fourth-order valence-electron chi connectivity index (χ4n) is 2.31. The van der Waals surface area contributed by atoms with Crippen LogP contribution >= 0.6 is 0 Å². The van der Waals surface area contributed by atoms with Crippen molar-refractivity contribution in [3.8, 4) is 17.6 Å². The fraction of sp³-hybridized carbons (Fsp3) is 0.250. The highest BCUT2D eigenvalue weighted by atomic mass is 16.5. The monoisotopic (exact) mass is 383 g/mol. The molecule has 2 N–H and O–H groups in total. The van der Waals surface area contributed by atoms with Crippen molar-refractivity contribution in [2.45, 2.75) is 6.92 Å². The van der Waals surface area contributed by atoms with Gasteiger partial charge < -0.3 is 24.8 Å². The highest BCUT2D eigenvalue weighted by molar-refractivity contribution is 5.95. The number of nitrogens with zero attached hydrogens (tertiary/aromatic N) is 1. The van der Waals surface area contributed by atoms with Gasteiger partial charge in [0.25, 0.3) is 5.91 Å². The number of nitriles is 1. The minimum Gasteiger partial charge on any atom is -0.490 e. The summed E-state index contributed by atoms with van der Waals surface area (Å²) in [6, 6.07) is 13.5. The molecule has 8 nitrogen and oxygen atoms in total. The molecule has 146 valence electrons. The van der Waals surface area contributed by atoms with Crippen molar-refractivity contribution < 1.29 is 23.8 Å². The number of benzene rings is 2. The SMILES string of the molecule is CCOc1cc(C#N)ccc1OCC(=O)Nc1cccc(NC(=O)COC)c1. The van der Waals surface area contributed by atoms with E-state index >= 15 is 0 Å². The molecule has 0 unspecified atom stereocenters. The molecule has 0 fully saturated rings. The molecule has 0 aromatic heterocycles. The molecule has 0 spiro atoms. The molecule has 0 saturated carbocycles. The molecule has 2 aromatic carbocycles. The summed E-state index contributed by atoms with van der Waals surface area (Å²) >= 11 is 0.